The number of unbranched alkanes of at least 4 members (excludes halogenated alkanes) is 2. The summed E-state index contributed by atoms with van der Waals surface area (Å²) in [6.45, 7) is 0.839. The molecule has 0 spiro atoms. The molecule has 0 saturated carbocycles. The SMILES string of the molecule is O=C(O)CCCCCOc1c(Cl)cc(N2C(=O)N3CCCC3(Cc3ccc(Br)cc3)C2=O)cc1Cl. The highest BCUT2D eigenvalue weighted by Crippen LogP contribution is 2.45. The molecule has 0 aromatic heterocycles. The number of hydrogen-bond acceptors (Lipinski definition) is 4. The molecule has 2 aliphatic rings. The molecule has 35 heavy (non-hydrogen) atoms. The molecule has 4 rings (SSSR count). The molecule has 0 radical (unpaired) electrons. The Morgan fingerprint density at radius 2 is 1.77 bits per heavy atom. The quantitative estimate of drug-likeness (QED) is 0.261. The van der Waals surface area contributed by atoms with E-state index in [1.807, 2.05) is 24.3 Å². The summed E-state index contributed by atoms with van der Waals surface area (Å²) in [4.78, 5) is 40.5. The minimum Gasteiger partial charge on any atom is -0.490 e. The summed E-state index contributed by atoms with van der Waals surface area (Å²) in [5.41, 5.74) is 0.370. The molecule has 7 nitrogen and oxygen atoms in total. The molecule has 2 fully saturated rings. The van der Waals surface area contributed by atoms with Crippen LogP contribution in [0.25, 0.3) is 0 Å². The van der Waals surface area contributed by atoms with Crippen molar-refractivity contribution in [2.45, 2.75) is 50.5 Å². The van der Waals surface area contributed by atoms with Gasteiger partial charge in [0.25, 0.3) is 5.91 Å². The zero-order chi connectivity index (χ0) is 25.2. The van der Waals surface area contributed by atoms with E-state index in [2.05, 4.69) is 15.9 Å². The van der Waals surface area contributed by atoms with Gasteiger partial charge in [-0.1, -0.05) is 51.3 Å². The van der Waals surface area contributed by atoms with Crippen LogP contribution in [-0.4, -0.2) is 46.6 Å². The maximum absolute atomic E-state index is 13.7. The maximum Gasteiger partial charge on any atom is 0.332 e. The molecule has 2 saturated heterocycles. The number of benzene rings is 2. The third-order valence-corrected chi connectivity index (χ3v) is 7.53. The summed E-state index contributed by atoms with van der Waals surface area (Å²) in [5.74, 6) is -0.820. The van der Waals surface area contributed by atoms with E-state index in [1.165, 1.54) is 17.0 Å². The van der Waals surface area contributed by atoms with Gasteiger partial charge in [-0.15, -0.1) is 0 Å². The first-order chi connectivity index (χ1) is 16.7. The van der Waals surface area contributed by atoms with E-state index in [1.54, 1.807) is 4.90 Å². The summed E-state index contributed by atoms with van der Waals surface area (Å²) in [7, 11) is 0. The van der Waals surface area contributed by atoms with Gasteiger partial charge >= 0.3 is 12.0 Å². The number of aliphatic carboxylic acids is 1. The van der Waals surface area contributed by atoms with Gasteiger partial charge in [0.15, 0.2) is 5.75 Å². The van der Waals surface area contributed by atoms with Crippen molar-refractivity contribution in [2.75, 3.05) is 18.1 Å². The Balaban J connectivity index is 1.50. The van der Waals surface area contributed by atoms with Gasteiger partial charge in [-0.2, -0.15) is 0 Å². The second-order valence-corrected chi connectivity index (χ2v) is 10.5. The summed E-state index contributed by atoms with van der Waals surface area (Å²) in [5, 5.41) is 9.11. The van der Waals surface area contributed by atoms with Crippen LogP contribution in [0.5, 0.6) is 5.75 Å². The average Bonchev–Trinajstić information content (AvgIpc) is 3.31. The molecular formula is C25H25BrCl2N2O5. The highest BCUT2D eigenvalue weighted by molar-refractivity contribution is 9.10. The van der Waals surface area contributed by atoms with Gasteiger partial charge < -0.3 is 14.7 Å². The number of carboxylic acids is 1. The Morgan fingerprint density at radius 3 is 2.43 bits per heavy atom. The van der Waals surface area contributed by atoms with Crippen LogP contribution in [0.3, 0.4) is 0 Å². The fraction of sp³-hybridized carbons (Fsp3) is 0.400. The molecule has 10 heteroatoms. The van der Waals surface area contributed by atoms with Gasteiger partial charge in [0, 0.05) is 23.9 Å². The monoisotopic (exact) mass is 582 g/mol. The number of carboxylic acid groups (broad SMARTS) is 1. The summed E-state index contributed by atoms with van der Waals surface area (Å²) in [6, 6.07) is 10.4. The number of amides is 3. The Hall–Kier alpha value is -2.29. The van der Waals surface area contributed by atoms with Crippen LogP contribution in [0, 0.1) is 0 Å². The molecule has 2 aliphatic heterocycles. The number of carbonyl (C=O) groups excluding carboxylic acids is 2. The minimum absolute atomic E-state index is 0.119. The van der Waals surface area contributed by atoms with Crippen molar-refractivity contribution >= 4 is 62.7 Å². The second-order valence-electron chi connectivity index (χ2n) is 8.80. The van der Waals surface area contributed by atoms with Crippen LogP contribution >= 0.6 is 39.1 Å². The van der Waals surface area contributed by atoms with Crippen molar-refractivity contribution in [3.63, 3.8) is 0 Å². The molecule has 1 N–H and O–H groups in total. The first-order valence-electron chi connectivity index (χ1n) is 11.5. The van der Waals surface area contributed by atoms with Crippen molar-refractivity contribution in [1.29, 1.82) is 0 Å². The highest BCUT2D eigenvalue weighted by Gasteiger charge is 2.59. The minimum atomic E-state index is -0.922. The largest absolute Gasteiger partial charge is 0.490 e. The summed E-state index contributed by atoms with van der Waals surface area (Å²) in [6.07, 6.45) is 3.83. The number of imide groups is 1. The van der Waals surface area contributed by atoms with Crippen LogP contribution in [0.4, 0.5) is 10.5 Å². The third-order valence-electron chi connectivity index (χ3n) is 6.44. The fourth-order valence-corrected chi connectivity index (χ4v) is 5.61. The Labute approximate surface area is 222 Å². The number of hydrogen-bond donors (Lipinski definition) is 1. The molecule has 2 heterocycles. The van der Waals surface area contributed by atoms with Crippen LogP contribution in [0.15, 0.2) is 40.9 Å². The molecule has 2 aromatic carbocycles. The lowest BCUT2D eigenvalue weighted by Gasteiger charge is -2.28. The van der Waals surface area contributed by atoms with Crippen molar-refractivity contribution < 1.29 is 24.2 Å². The lowest BCUT2D eigenvalue weighted by atomic mass is 9.88. The van der Waals surface area contributed by atoms with Gasteiger partial charge in [-0.25, -0.2) is 9.69 Å². The number of rotatable bonds is 10. The normalized spacial score (nSPS) is 19.4. The van der Waals surface area contributed by atoms with Gasteiger partial charge in [0.1, 0.15) is 5.54 Å². The summed E-state index contributed by atoms with van der Waals surface area (Å²) >= 11 is 16.3. The topological polar surface area (TPSA) is 87.2 Å². The molecule has 186 valence electrons. The van der Waals surface area contributed by atoms with Crippen LogP contribution in [0.1, 0.15) is 44.1 Å². The Morgan fingerprint density at radius 1 is 1.09 bits per heavy atom. The van der Waals surface area contributed by atoms with Crippen molar-refractivity contribution in [3.05, 3.63) is 56.5 Å². The second kappa shape index (κ2) is 10.8. The Bertz CT molecular complexity index is 1120. The average molecular weight is 584 g/mol. The number of halogens is 3. The number of urea groups is 1. The molecule has 1 atom stereocenters. The van der Waals surface area contributed by atoms with E-state index in [9.17, 15) is 14.4 Å². The zero-order valence-electron chi connectivity index (χ0n) is 18.9. The molecule has 0 bridgehead atoms. The Kier molecular flexibility index (Phi) is 7.93. The van der Waals surface area contributed by atoms with Gasteiger partial charge in [-0.05, 0) is 61.9 Å². The molecular weight excluding hydrogens is 559 g/mol. The number of carbonyl (C=O) groups is 3. The first kappa shape index (κ1) is 25.8. The standard InChI is InChI=1S/C25H25BrCl2N2O5/c26-17-8-6-16(7-9-17)15-25-10-4-11-29(25)24(34)30(23(25)33)18-13-19(27)22(20(28)14-18)35-12-3-1-2-5-21(31)32/h6-9,13-14H,1-5,10-12,15H2,(H,31,32). The van der Waals surface area contributed by atoms with E-state index in [0.717, 1.165) is 16.5 Å². The number of fused-ring (bicyclic) bond motifs is 1. The zero-order valence-corrected chi connectivity index (χ0v) is 22.0. The number of anilines is 1. The first-order valence-corrected chi connectivity index (χ1v) is 13.0. The van der Waals surface area contributed by atoms with Gasteiger partial charge in [-0.3, -0.25) is 9.59 Å². The van der Waals surface area contributed by atoms with Gasteiger partial charge in [0.2, 0.25) is 0 Å². The van der Waals surface area contributed by atoms with E-state index < -0.39 is 11.5 Å². The van der Waals surface area contributed by atoms with E-state index in [0.29, 0.717) is 50.9 Å². The predicted octanol–water partition coefficient (Wildman–Crippen LogP) is 6.32. The van der Waals surface area contributed by atoms with E-state index >= 15 is 0 Å². The predicted molar refractivity (Wildman–Crippen MR) is 137 cm³/mol. The molecule has 2 aromatic rings. The fourth-order valence-electron chi connectivity index (χ4n) is 4.77. The van der Waals surface area contributed by atoms with Gasteiger partial charge in [0.05, 0.1) is 22.3 Å². The summed E-state index contributed by atoms with van der Waals surface area (Å²) < 4.78 is 6.66. The molecule has 0 aliphatic carbocycles. The highest BCUT2D eigenvalue weighted by atomic mass is 79.9. The molecule has 1 unspecified atom stereocenters. The van der Waals surface area contributed by atoms with Crippen molar-refractivity contribution in [1.82, 2.24) is 4.90 Å². The van der Waals surface area contributed by atoms with Crippen LogP contribution in [0.2, 0.25) is 10.0 Å². The molecule has 3 amide bonds. The lowest BCUT2D eigenvalue weighted by Crippen LogP contribution is -2.47. The lowest BCUT2D eigenvalue weighted by molar-refractivity contribution is -0.137. The van der Waals surface area contributed by atoms with E-state index in [-0.39, 0.29) is 34.2 Å². The van der Waals surface area contributed by atoms with Crippen LogP contribution in [-0.2, 0) is 16.0 Å². The van der Waals surface area contributed by atoms with E-state index in [4.69, 9.17) is 33.0 Å². The smallest absolute Gasteiger partial charge is 0.332 e. The number of ether oxygens (including phenoxy) is 1. The van der Waals surface area contributed by atoms with Crippen molar-refractivity contribution in [2.24, 2.45) is 0 Å². The third kappa shape index (κ3) is 5.29. The van der Waals surface area contributed by atoms with Crippen molar-refractivity contribution in [3.8, 4) is 5.75 Å². The van der Waals surface area contributed by atoms with Crippen LogP contribution < -0.4 is 9.64 Å². The maximum atomic E-state index is 13.7. The number of nitrogens with zero attached hydrogens (tertiary/aromatic N) is 2.